The van der Waals surface area contributed by atoms with E-state index in [-0.39, 0.29) is 12.1 Å². The van der Waals surface area contributed by atoms with Gasteiger partial charge in [-0.2, -0.15) is 0 Å². The van der Waals surface area contributed by atoms with E-state index < -0.39 is 12.0 Å². The van der Waals surface area contributed by atoms with Gasteiger partial charge in [-0.3, -0.25) is 10.3 Å². The number of nitrogens with one attached hydrogen (secondary N) is 2. The fraction of sp³-hybridized carbons (Fsp3) is 0.154. The number of hydrogen-bond acceptors (Lipinski definition) is 4. The van der Waals surface area contributed by atoms with E-state index in [1.807, 2.05) is 19.1 Å². The number of urea groups is 1. The Bertz CT molecular complexity index is 639. The molecule has 0 aliphatic carbocycles. The van der Waals surface area contributed by atoms with Crippen molar-refractivity contribution in [2.24, 2.45) is 0 Å². The molecule has 3 N–H and O–H groups in total. The Hall–Kier alpha value is -2.41. The van der Waals surface area contributed by atoms with Gasteiger partial charge in [-0.25, -0.2) is 9.59 Å². The Kier molecular flexibility index (Phi) is 4.31. The third-order valence-corrected chi connectivity index (χ3v) is 3.33. The molecule has 0 fully saturated rings. The zero-order chi connectivity index (χ0) is 14.5. The van der Waals surface area contributed by atoms with Gasteiger partial charge in [0.2, 0.25) is 0 Å². The molecule has 0 aliphatic heterocycles. The third kappa shape index (κ3) is 3.55. The van der Waals surface area contributed by atoms with Crippen LogP contribution in [0.15, 0.2) is 29.6 Å². The zero-order valence-corrected chi connectivity index (χ0v) is 11.5. The molecule has 0 radical (unpaired) electrons. The van der Waals surface area contributed by atoms with Gasteiger partial charge in [0.15, 0.2) is 0 Å². The van der Waals surface area contributed by atoms with Gasteiger partial charge in [0, 0.05) is 5.69 Å². The SMILES string of the molecule is Cc1cccc(CNC(=O)Nc2sccc2C(=O)O)n1. The highest BCUT2D eigenvalue weighted by Crippen LogP contribution is 2.22. The second-order valence-electron chi connectivity index (χ2n) is 4.05. The molecule has 2 heterocycles. The molecule has 0 aliphatic rings. The number of aromatic nitrogens is 1. The first-order valence-electron chi connectivity index (χ1n) is 5.84. The molecule has 2 rings (SSSR count). The predicted molar refractivity (Wildman–Crippen MR) is 76.1 cm³/mol. The summed E-state index contributed by atoms with van der Waals surface area (Å²) in [6.45, 7) is 2.15. The monoisotopic (exact) mass is 291 g/mol. The van der Waals surface area contributed by atoms with Crippen LogP contribution in [0.2, 0.25) is 0 Å². The number of carbonyl (C=O) groups excluding carboxylic acids is 1. The molecular weight excluding hydrogens is 278 g/mol. The average Bonchev–Trinajstić information content (AvgIpc) is 2.85. The van der Waals surface area contributed by atoms with Gasteiger partial charge < -0.3 is 10.4 Å². The molecule has 7 heteroatoms. The van der Waals surface area contributed by atoms with Gasteiger partial charge in [0.05, 0.1) is 17.8 Å². The predicted octanol–water partition coefficient (Wildman–Crippen LogP) is 2.47. The van der Waals surface area contributed by atoms with Gasteiger partial charge in [-0.1, -0.05) is 6.07 Å². The van der Waals surface area contributed by atoms with Crippen LogP contribution in [0.1, 0.15) is 21.7 Å². The molecule has 2 amide bonds. The van der Waals surface area contributed by atoms with Gasteiger partial charge in [0.1, 0.15) is 5.00 Å². The van der Waals surface area contributed by atoms with E-state index >= 15 is 0 Å². The van der Waals surface area contributed by atoms with Crippen LogP contribution in [0.3, 0.4) is 0 Å². The summed E-state index contributed by atoms with van der Waals surface area (Å²) in [6, 6.07) is 6.53. The van der Waals surface area contributed by atoms with E-state index in [0.29, 0.717) is 5.00 Å². The smallest absolute Gasteiger partial charge is 0.338 e. The molecule has 0 aromatic carbocycles. The number of nitrogens with zero attached hydrogens (tertiary/aromatic N) is 1. The lowest BCUT2D eigenvalue weighted by Gasteiger charge is -2.07. The number of rotatable bonds is 4. The first-order valence-corrected chi connectivity index (χ1v) is 6.72. The van der Waals surface area contributed by atoms with Crippen molar-refractivity contribution >= 4 is 28.3 Å². The van der Waals surface area contributed by atoms with Crippen molar-refractivity contribution in [1.82, 2.24) is 10.3 Å². The van der Waals surface area contributed by atoms with Crippen molar-refractivity contribution < 1.29 is 14.7 Å². The van der Waals surface area contributed by atoms with Crippen LogP contribution in [-0.4, -0.2) is 22.1 Å². The fourth-order valence-corrected chi connectivity index (χ4v) is 2.36. The minimum Gasteiger partial charge on any atom is -0.478 e. The first kappa shape index (κ1) is 14.0. The molecule has 0 bridgehead atoms. The molecule has 0 saturated carbocycles. The number of carboxylic acids is 1. The second-order valence-corrected chi connectivity index (χ2v) is 4.96. The zero-order valence-electron chi connectivity index (χ0n) is 10.7. The summed E-state index contributed by atoms with van der Waals surface area (Å²) in [4.78, 5) is 26.9. The van der Waals surface area contributed by atoms with Crippen LogP contribution in [0.4, 0.5) is 9.80 Å². The van der Waals surface area contributed by atoms with E-state index in [0.717, 1.165) is 22.7 Å². The Morgan fingerprint density at radius 3 is 2.85 bits per heavy atom. The molecule has 0 saturated heterocycles. The quantitative estimate of drug-likeness (QED) is 0.807. The standard InChI is InChI=1S/C13H13N3O3S/c1-8-3-2-4-9(15-8)7-14-13(19)16-11-10(12(17)18)5-6-20-11/h2-6H,7H2,1H3,(H,17,18)(H2,14,16,19). The highest BCUT2D eigenvalue weighted by Gasteiger charge is 2.13. The van der Waals surface area contributed by atoms with Crippen LogP contribution in [0.25, 0.3) is 0 Å². The summed E-state index contributed by atoms with van der Waals surface area (Å²) in [6.07, 6.45) is 0. The van der Waals surface area contributed by atoms with Crippen molar-refractivity contribution in [2.75, 3.05) is 5.32 Å². The van der Waals surface area contributed by atoms with Crippen molar-refractivity contribution in [3.63, 3.8) is 0 Å². The lowest BCUT2D eigenvalue weighted by Crippen LogP contribution is -2.28. The largest absolute Gasteiger partial charge is 0.478 e. The lowest BCUT2D eigenvalue weighted by atomic mass is 10.3. The van der Waals surface area contributed by atoms with Crippen LogP contribution in [0.5, 0.6) is 0 Å². The van der Waals surface area contributed by atoms with Crippen LogP contribution in [-0.2, 0) is 6.54 Å². The summed E-state index contributed by atoms with van der Waals surface area (Å²) >= 11 is 1.16. The van der Waals surface area contributed by atoms with Gasteiger partial charge in [0.25, 0.3) is 0 Å². The maximum Gasteiger partial charge on any atom is 0.338 e. The minimum atomic E-state index is -1.07. The van der Waals surface area contributed by atoms with E-state index in [1.54, 1.807) is 11.4 Å². The molecule has 0 atom stereocenters. The first-order chi connectivity index (χ1) is 9.56. The van der Waals surface area contributed by atoms with E-state index in [4.69, 9.17) is 5.11 Å². The van der Waals surface area contributed by atoms with E-state index in [1.165, 1.54) is 6.07 Å². The van der Waals surface area contributed by atoms with Crippen LogP contribution in [0, 0.1) is 6.92 Å². The Balaban J connectivity index is 1.93. The van der Waals surface area contributed by atoms with Crippen LogP contribution < -0.4 is 10.6 Å². The van der Waals surface area contributed by atoms with Crippen molar-refractivity contribution in [3.05, 3.63) is 46.6 Å². The fourth-order valence-electron chi connectivity index (χ4n) is 1.59. The number of amides is 2. The third-order valence-electron chi connectivity index (χ3n) is 2.50. The number of carboxylic acid groups (broad SMARTS) is 1. The molecule has 0 unspecified atom stereocenters. The summed E-state index contributed by atoms with van der Waals surface area (Å²) in [7, 11) is 0. The van der Waals surface area contributed by atoms with Crippen molar-refractivity contribution in [2.45, 2.75) is 13.5 Å². The summed E-state index contributed by atoms with van der Waals surface area (Å²) in [5.41, 5.74) is 1.69. The Labute approximate surface area is 119 Å². The van der Waals surface area contributed by atoms with Gasteiger partial charge >= 0.3 is 12.0 Å². The second kappa shape index (κ2) is 6.16. The van der Waals surface area contributed by atoms with Crippen molar-refractivity contribution in [3.8, 4) is 0 Å². The Morgan fingerprint density at radius 1 is 1.35 bits per heavy atom. The number of carbonyl (C=O) groups is 2. The number of aryl methyl sites for hydroxylation is 1. The average molecular weight is 291 g/mol. The highest BCUT2D eigenvalue weighted by molar-refractivity contribution is 7.14. The maximum absolute atomic E-state index is 11.7. The van der Waals surface area contributed by atoms with E-state index in [2.05, 4.69) is 15.6 Å². The van der Waals surface area contributed by atoms with Crippen LogP contribution >= 0.6 is 11.3 Å². The molecule has 6 nitrogen and oxygen atoms in total. The normalized spacial score (nSPS) is 10.1. The topological polar surface area (TPSA) is 91.3 Å². The summed E-state index contributed by atoms with van der Waals surface area (Å²) in [5.74, 6) is -1.07. The molecule has 104 valence electrons. The summed E-state index contributed by atoms with van der Waals surface area (Å²) in [5, 5.41) is 16.0. The van der Waals surface area contributed by atoms with Gasteiger partial charge in [-0.15, -0.1) is 11.3 Å². The number of pyridine rings is 1. The number of aromatic carboxylic acids is 1. The van der Waals surface area contributed by atoms with Crippen molar-refractivity contribution in [1.29, 1.82) is 0 Å². The molecule has 0 spiro atoms. The minimum absolute atomic E-state index is 0.0823. The van der Waals surface area contributed by atoms with E-state index in [9.17, 15) is 9.59 Å². The van der Waals surface area contributed by atoms with Gasteiger partial charge in [-0.05, 0) is 30.5 Å². The molecule has 2 aromatic heterocycles. The summed E-state index contributed by atoms with van der Waals surface area (Å²) < 4.78 is 0. The highest BCUT2D eigenvalue weighted by atomic mass is 32.1. The molecule has 20 heavy (non-hydrogen) atoms. The molecule has 2 aromatic rings. The Morgan fingerprint density at radius 2 is 2.15 bits per heavy atom. The number of hydrogen-bond donors (Lipinski definition) is 3. The number of thiophene rings is 1. The number of anilines is 1. The lowest BCUT2D eigenvalue weighted by molar-refractivity contribution is 0.0698. The molecular formula is C13H13N3O3S. The maximum atomic E-state index is 11.7.